The lowest BCUT2D eigenvalue weighted by molar-refractivity contribution is 0.0698. The number of carboxylic acids is 1. The van der Waals surface area contributed by atoms with Crippen LogP contribution < -0.4 is 11.1 Å². The average molecular weight is 370 g/mol. The Bertz CT molecular complexity index is 734. The quantitative estimate of drug-likeness (QED) is 0.720. The largest absolute Gasteiger partial charge is 0.478 e. The van der Waals surface area contributed by atoms with Crippen molar-refractivity contribution in [2.75, 3.05) is 11.1 Å². The second-order valence-corrected chi connectivity index (χ2v) is 5.51. The van der Waals surface area contributed by atoms with Crippen molar-refractivity contribution >= 4 is 50.8 Å². The molecule has 1 amide bonds. The zero-order chi connectivity index (χ0) is 15.6. The number of carbonyl (C=O) groups is 2. The highest BCUT2D eigenvalue weighted by atomic mass is 79.9. The van der Waals surface area contributed by atoms with Crippen molar-refractivity contribution in [3.05, 3.63) is 57.0 Å². The number of nitrogens with one attached hydrogen (secondary N) is 1. The molecule has 5 nitrogen and oxygen atoms in total. The van der Waals surface area contributed by atoms with Crippen LogP contribution in [0.1, 0.15) is 20.7 Å². The van der Waals surface area contributed by atoms with Crippen LogP contribution in [0.3, 0.4) is 0 Å². The van der Waals surface area contributed by atoms with Gasteiger partial charge in [0, 0.05) is 10.2 Å². The number of halogens is 2. The third-order valence-electron chi connectivity index (χ3n) is 2.70. The molecule has 4 N–H and O–H groups in total. The van der Waals surface area contributed by atoms with Crippen LogP contribution in [-0.4, -0.2) is 17.0 Å². The standard InChI is InChI=1S/C14H10BrClN2O3/c15-7-1-3-11(16)9(5-7)13(19)18-12-4-2-8(17)6-10(12)14(20)21/h1-6H,17H2,(H,18,19)(H,20,21). The maximum absolute atomic E-state index is 12.2. The number of anilines is 2. The first-order valence-corrected chi connectivity index (χ1v) is 6.95. The molecule has 2 aromatic carbocycles. The first kappa shape index (κ1) is 15.3. The number of amides is 1. The molecule has 0 aliphatic heterocycles. The zero-order valence-corrected chi connectivity index (χ0v) is 12.9. The van der Waals surface area contributed by atoms with Crippen LogP contribution in [0.15, 0.2) is 40.9 Å². The van der Waals surface area contributed by atoms with Crippen molar-refractivity contribution in [3.63, 3.8) is 0 Å². The van der Waals surface area contributed by atoms with Gasteiger partial charge in [-0.3, -0.25) is 4.79 Å². The van der Waals surface area contributed by atoms with E-state index in [0.29, 0.717) is 10.2 Å². The third kappa shape index (κ3) is 3.53. The average Bonchev–Trinajstić information content (AvgIpc) is 2.43. The van der Waals surface area contributed by atoms with E-state index in [0.717, 1.165) is 0 Å². The Kier molecular flexibility index (Phi) is 4.50. The molecule has 0 bridgehead atoms. The van der Waals surface area contributed by atoms with E-state index < -0.39 is 11.9 Å². The van der Waals surface area contributed by atoms with Gasteiger partial charge < -0.3 is 16.2 Å². The van der Waals surface area contributed by atoms with Gasteiger partial charge in [0.2, 0.25) is 0 Å². The Morgan fingerprint density at radius 1 is 1.14 bits per heavy atom. The number of nitrogens with two attached hydrogens (primary N) is 1. The molecule has 108 valence electrons. The van der Waals surface area contributed by atoms with Crippen molar-refractivity contribution in [1.29, 1.82) is 0 Å². The SMILES string of the molecule is Nc1ccc(NC(=O)c2cc(Br)ccc2Cl)c(C(=O)O)c1. The number of carboxylic acid groups (broad SMARTS) is 1. The van der Waals surface area contributed by atoms with Crippen molar-refractivity contribution in [2.24, 2.45) is 0 Å². The lowest BCUT2D eigenvalue weighted by atomic mass is 10.1. The Morgan fingerprint density at radius 3 is 2.52 bits per heavy atom. The highest BCUT2D eigenvalue weighted by molar-refractivity contribution is 9.10. The van der Waals surface area contributed by atoms with Crippen molar-refractivity contribution in [1.82, 2.24) is 0 Å². The van der Waals surface area contributed by atoms with Crippen molar-refractivity contribution in [3.8, 4) is 0 Å². The molecule has 0 unspecified atom stereocenters. The van der Waals surface area contributed by atoms with E-state index in [1.807, 2.05) is 0 Å². The van der Waals surface area contributed by atoms with E-state index in [9.17, 15) is 9.59 Å². The first-order valence-electron chi connectivity index (χ1n) is 5.77. The summed E-state index contributed by atoms with van der Waals surface area (Å²) in [5.74, 6) is -1.69. The monoisotopic (exact) mass is 368 g/mol. The molecule has 0 aliphatic rings. The van der Waals surface area contributed by atoms with E-state index in [1.165, 1.54) is 18.2 Å². The topological polar surface area (TPSA) is 92.4 Å². The molecule has 0 aliphatic carbocycles. The molecule has 0 fully saturated rings. The van der Waals surface area contributed by atoms with Crippen LogP contribution in [0.4, 0.5) is 11.4 Å². The molecule has 0 heterocycles. The third-order valence-corrected chi connectivity index (χ3v) is 3.52. The van der Waals surface area contributed by atoms with E-state index in [-0.39, 0.29) is 21.8 Å². The molecule has 2 rings (SSSR count). The maximum Gasteiger partial charge on any atom is 0.337 e. The summed E-state index contributed by atoms with van der Waals surface area (Å²) >= 11 is 9.21. The second-order valence-electron chi connectivity index (χ2n) is 4.19. The molecular formula is C14H10BrClN2O3. The molecular weight excluding hydrogens is 360 g/mol. The van der Waals surface area contributed by atoms with Gasteiger partial charge in [-0.05, 0) is 36.4 Å². The Hall–Kier alpha value is -2.05. The summed E-state index contributed by atoms with van der Waals surface area (Å²) in [7, 11) is 0. The van der Waals surface area contributed by atoms with Gasteiger partial charge in [0.05, 0.1) is 21.8 Å². The molecule has 7 heteroatoms. The number of hydrogen-bond acceptors (Lipinski definition) is 3. The van der Waals surface area contributed by atoms with Gasteiger partial charge in [-0.25, -0.2) is 4.79 Å². The van der Waals surface area contributed by atoms with Gasteiger partial charge in [-0.2, -0.15) is 0 Å². The van der Waals surface area contributed by atoms with E-state index >= 15 is 0 Å². The summed E-state index contributed by atoms with van der Waals surface area (Å²) in [4.78, 5) is 23.4. The van der Waals surface area contributed by atoms with Crippen LogP contribution in [0.2, 0.25) is 5.02 Å². The minimum absolute atomic E-state index is 0.0885. The predicted octanol–water partition coefficient (Wildman–Crippen LogP) is 3.64. The fraction of sp³-hybridized carbons (Fsp3) is 0. The minimum atomic E-state index is -1.18. The summed E-state index contributed by atoms with van der Waals surface area (Å²) in [6.07, 6.45) is 0. The number of nitrogen functional groups attached to an aromatic ring is 1. The lowest BCUT2D eigenvalue weighted by Gasteiger charge is -2.10. The minimum Gasteiger partial charge on any atom is -0.478 e. The van der Waals surface area contributed by atoms with Gasteiger partial charge in [-0.15, -0.1) is 0 Å². The normalized spacial score (nSPS) is 10.2. The van der Waals surface area contributed by atoms with E-state index in [4.69, 9.17) is 22.4 Å². The van der Waals surface area contributed by atoms with Crippen LogP contribution >= 0.6 is 27.5 Å². The Balaban J connectivity index is 2.36. The van der Waals surface area contributed by atoms with Gasteiger partial charge in [0.15, 0.2) is 0 Å². The number of rotatable bonds is 3. The number of hydrogen-bond donors (Lipinski definition) is 3. The predicted molar refractivity (Wildman–Crippen MR) is 84.9 cm³/mol. The summed E-state index contributed by atoms with van der Waals surface area (Å²) in [6, 6.07) is 9.04. The summed E-state index contributed by atoms with van der Waals surface area (Å²) in [6.45, 7) is 0. The molecule has 0 saturated carbocycles. The Morgan fingerprint density at radius 2 is 1.86 bits per heavy atom. The first-order chi connectivity index (χ1) is 9.88. The summed E-state index contributed by atoms with van der Waals surface area (Å²) < 4.78 is 0.688. The van der Waals surface area contributed by atoms with Gasteiger partial charge in [0.1, 0.15) is 0 Å². The maximum atomic E-state index is 12.2. The van der Waals surface area contributed by atoms with Gasteiger partial charge >= 0.3 is 5.97 Å². The molecule has 0 atom stereocenters. The number of aromatic carboxylic acids is 1. The smallest absolute Gasteiger partial charge is 0.337 e. The van der Waals surface area contributed by atoms with Crippen molar-refractivity contribution < 1.29 is 14.7 Å². The van der Waals surface area contributed by atoms with Crippen molar-refractivity contribution in [2.45, 2.75) is 0 Å². The van der Waals surface area contributed by atoms with Crippen LogP contribution in [0, 0.1) is 0 Å². The molecule has 0 saturated heterocycles. The second kappa shape index (κ2) is 6.15. The molecule has 0 radical (unpaired) electrons. The van der Waals surface area contributed by atoms with Gasteiger partial charge in [0.25, 0.3) is 5.91 Å². The van der Waals surface area contributed by atoms with Gasteiger partial charge in [-0.1, -0.05) is 27.5 Å². The van der Waals surface area contributed by atoms with E-state index in [1.54, 1.807) is 18.2 Å². The molecule has 0 aromatic heterocycles. The number of benzene rings is 2. The molecule has 0 spiro atoms. The molecule has 2 aromatic rings. The fourth-order valence-corrected chi connectivity index (χ4v) is 2.27. The summed E-state index contributed by atoms with van der Waals surface area (Å²) in [5.41, 5.74) is 6.14. The van der Waals surface area contributed by atoms with Crippen LogP contribution in [0.25, 0.3) is 0 Å². The number of carbonyl (C=O) groups excluding carboxylic acids is 1. The fourth-order valence-electron chi connectivity index (χ4n) is 1.71. The molecule has 21 heavy (non-hydrogen) atoms. The summed E-state index contributed by atoms with van der Waals surface area (Å²) in [5, 5.41) is 11.9. The lowest BCUT2D eigenvalue weighted by Crippen LogP contribution is -2.15. The van der Waals surface area contributed by atoms with E-state index in [2.05, 4.69) is 21.2 Å². The van der Waals surface area contributed by atoms with Crippen LogP contribution in [-0.2, 0) is 0 Å². The highest BCUT2D eigenvalue weighted by Gasteiger charge is 2.16. The van der Waals surface area contributed by atoms with Crippen LogP contribution in [0.5, 0.6) is 0 Å². The zero-order valence-electron chi connectivity index (χ0n) is 10.6. The highest BCUT2D eigenvalue weighted by Crippen LogP contribution is 2.24. The Labute approximate surface area is 133 Å².